The van der Waals surface area contributed by atoms with E-state index in [9.17, 15) is 24.0 Å². The Labute approximate surface area is 230 Å². The third-order valence-corrected chi connectivity index (χ3v) is 6.22. The van der Waals surface area contributed by atoms with Gasteiger partial charge in [0.15, 0.2) is 0 Å². The second kappa shape index (κ2) is 14.3. The third-order valence-electron chi connectivity index (χ3n) is 6.22. The summed E-state index contributed by atoms with van der Waals surface area (Å²) in [5.74, 6) is -2.67. The first-order valence-corrected chi connectivity index (χ1v) is 12.6. The number of nitrogens with zero attached hydrogens (tertiary/aromatic N) is 2. The molecule has 1 aliphatic rings. The van der Waals surface area contributed by atoms with Crippen molar-refractivity contribution in [1.29, 1.82) is 5.41 Å². The van der Waals surface area contributed by atoms with Crippen molar-refractivity contribution in [3.63, 3.8) is 0 Å². The van der Waals surface area contributed by atoms with Gasteiger partial charge in [-0.1, -0.05) is 42.5 Å². The summed E-state index contributed by atoms with van der Waals surface area (Å²) in [6, 6.07) is 14.3. The Balaban J connectivity index is 1.53. The molecule has 4 amide bonds. The molecule has 13 heteroatoms. The first-order chi connectivity index (χ1) is 19.2. The maximum absolute atomic E-state index is 13.1. The topological polar surface area (TPSA) is 195 Å². The molecule has 0 aromatic heterocycles. The van der Waals surface area contributed by atoms with Crippen LogP contribution >= 0.6 is 0 Å². The van der Waals surface area contributed by atoms with Crippen LogP contribution in [0.5, 0.6) is 0 Å². The summed E-state index contributed by atoms with van der Waals surface area (Å²) in [4.78, 5) is 64.2. The minimum atomic E-state index is -1.17. The zero-order valence-corrected chi connectivity index (χ0v) is 21.8. The van der Waals surface area contributed by atoms with Crippen molar-refractivity contribution in [3.05, 3.63) is 71.3 Å². The van der Waals surface area contributed by atoms with Crippen LogP contribution < -0.4 is 16.4 Å². The normalized spacial score (nSPS) is 14.8. The summed E-state index contributed by atoms with van der Waals surface area (Å²) in [5.41, 5.74) is 7.06. The average Bonchev–Trinajstić information content (AvgIpc) is 2.94. The molecule has 1 saturated heterocycles. The van der Waals surface area contributed by atoms with E-state index in [-0.39, 0.29) is 44.4 Å². The van der Waals surface area contributed by atoms with Gasteiger partial charge in [0.1, 0.15) is 31.6 Å². The zero-order chi connectivity index (χ0) is 29.1. The van der Waals surface area contributed by atoms with Gasteiger partial charge in [-0.25, -0.2) is 4.79 Å². The average molecular weight is 553 g/mol. The number of piperazine rings is 1. The minimum absolute atomic E-state index is 0.0302. The number of hydrogen-bond acceptors (Lipinski definition) is 7. The van der Waals surface area contributed by atoms with Gasteiger partial charge in [-0.3, -0.25) is 24.6 Å². The summed E-state index contributed by atoms with van der Waals surface area (Å²) >= 11 is 0. The van der Waals surface area contributed by atoms with E-state index in [1.807, 2.05) is 6.07 Å². The highest BCUT2D eigenvalue weighted by Crippen LogP contribution is 2.17. The Morgan fingerprint density at radius 1 is 1.00 bits per heavy atom. The monoisotopic (exact) mass is 552 g/mol. The molecular weight excluding hydrogens is 520 g/mol. The van der Waals surface area contributed by atoms with E-state index >= 15 is 0 Å². The molecule has 40 heavy (non-hydrogen) atoms. The van der Waals surface area contributed by atoms with E-state index in [0.29, 0.717) is 17.5 Å². The molecule has 13 nitrogen and oxygen atoms in total. The highest BCUT2D eigenvalue weighted by atomic mass is 16.5. The quantitative estimate of drug-likeness (QED) is 0.143. The lowest BCUT2D eigenvalue weighted by Crippen LogP contribution is -2.60. The molecule has 1 fully saturated rings. The lowest BCUT2D eigenvalue weighted by molar-refractivity contribution is -0.155. The third kappa shape index (κ3) is 8.55. The highest BCUT2D eigenvalue weighted by molar-refractivity contribution is 5.98. The molecule has 0 unspecified atom stereocenters. The Morgan fingerprint density at radius 2 is 1.68 bits per heavy atom. The van der Waals surface area contributed by atoms with Crippen LogP contribution in [-0.2, 0) is 25.7 Å². The van der Waals surface area contributed by atoms with Gasteiger partial charge in [0.2, 0.25) is 11.8 Å². The van der Waals surface area contributed by atoms with Gasteiger partial charge in [-0.2, -0.15) is 0 Å². The SMILES string of the molecule is N=C(N)c1ccc(C(=O)NCCC[C@H]2C(=O)N(CC(=O)O)CCN2C(=O)CNC(=O)OCc2ccccc2)cc1. The molecule has 1 aliphatic heterocycles. The molecular formula is C27H32N6O7. The number of nitrogens with one attached hydrogen (secondary N) is 3. The van der Waals surface area contributed by atoms with Crippen LogP contribution in [0, 0.1) is 5.41 Å². The van der Waals surface area contributed by atoms with Gasteiger partial charge >= 0.3 is 12.1 Å². The summed E-state index contributed by atoms with van der Waals surface area (Å²) in [6.45, 7) is -0.529. The van der Waals surface area contributed by atoms with E-state index in [1.165, 1.54) is 9.80 Å². The number of amides is 4. The molecule has 1 atom stereocenters. The Kier molecular flexibility index (Phi) is 10.6. The van der Waals surface area contributed by atoms with Crippen molar-refractivity contribution in [2.24, 2.45) is 5.73 Å². The fourth-order valence-electron chi connectivity index (χ4n) is 4.16. The summed E-state index contributed by atoms with van der Waals surface area (Å²) in [5, 5.41) is 21.7. The number of carboxylic acid groups (broad SMARTS) is 1. The predicted octanol–water partition coefficient (Wildman–Crippen LogP) is 0.531. The van der Waals surface area contributed by atoms with Gasteiger partial charge in [-0.05, 0) is 30.5 Å². The van der Waals surface area contributed by atoms with E-state index in [2.05, 4.69) is 10.6 Å². The molecule has 0 bridgehead atoms. The van der Waals surface area contributed by atoms with Crippen LogP contribution in [0.25, 0.3) is 0 Å². The number of carbonyl (C=O) groups is 5. The second-order valence-electron chi connectivity index (χ2n) is 9.06. The van der Waals surface area contributed by atoms with Crippen LogP contribution in [0.15, 0.2) is 54.6 Å². The molecule has 212 valence electrons. The molecule has 3 rings (SSSR count). The van der Waals surface area contributed by atoms with E-state index in [4.69, 9.17) is 21.0 Å². The minimum Gasteiger partial charge on any atom is -0.480 e. The predicted molar refractivity (Wildman–Crippen MR) is 143 cm³/mol. The molecule has 0 saturated carbocycles. The fourth-order valence-corrected chi connectivity index (χ4v) is 4.16. The van der Waals surface area contributed by atoms with Gasteiger partial charge in [0.25, 0.3) is 5.91 Å². The van der Waals surface area contributed by atoms with E-state index < -0.39 is 43.0 Å². The van der Waals surface area contributed by atoms with E-state index in [1.54, 1.807) is 48.5 Å². The largest absolute Gasteiger partial charge is 0.480 e. The molecule has 1 heterocycles. The van der Waals surface area contributed by atoms with Gasteiger partial charge in [0.05, 0.1) is 0 Å². The van der Waals surface area contributed by atoms with Crippen molar-refractivity contribution >= 4 is 35.6 Å². The van der Waals surface area contributed by atoms with Crippen LogP contribution in [0.2, 0.25) is 0 Å². The summed E-state index contributed by atoms with van der Waals surface area (Å²) in [7, 11) is 0. The number of nitrogen functional groups attached to an aromatic ring is 1. The van der Waals surface area contributed by atoms with Crippen molar-refractivity contribution in [3.8, 4) is 0 Å². The Bertz CT molecular complexity index is 1240. The smallest absolute Gasteiger partial charge is 0.407 e. The van der Waals surface area contributed by atoms with Gasteiger partial charge < -0.3 is 36.0 Å². The van der Waals surface area contributed by atoms with Crippen LogP contribution in [0.4, 0.5) is 4.79 Å². The molecule has 0 radical (unpaired) electrons. The molecule has 0 spiro atoms. The number of hydrogen-bond donors (Lipinski definition) is 5. The number of aliphatic carboxylic acids is 1. The lowest BCUT2D eigenvalue weighted by atomic mass is 10.0. The van der Waals surface area contributed by atoms with Crippen molar-refractivity contribution in [2.45, 2.75) is 25.5 Å². The number of carbonyl (C=O) groups excluding carboxylic acids is 4. The second-order valence-corrected chi connectivity index (χ2v) is 9.06. The van der Waals surface area contributed by atoms with Crippen LogP contribution in [0.3, 0.4) is 0 Å². The summed E-state index contributed by atoms with van der Waals surface area (Å²) < 4.78 is 5.11. The van der Waals surface area contributed by atoms with Gasteiger partial charge in [-0.15, -0.1) is 0 Å². The van der Waals surface area contributed by atoms with Crippen molar-refractivity contribution in [2.75, 3.05) is 32.7 Å². The number of ether oxygens (including phenoxy) is 1. The number of rotatable bonds is 12. The van der Waals surface area contributed by atoms with E-state index in [0.717, 1.165) is 5.56 Å². The standard InChI is InChI=1S/C27H32N6O7/c28-24(29)19-8-10-20(11-9-19)25(37)30-12-4-7-21-26(38)32(16-23(35)36)13-14-33(21)22(34)15-31-27(39)40-17-18-5-2-1-3-6-18/h1-3,5-6,8-11,21H,4,7,12-17H2,(H3,28,29)(H,30,37)(H,31,39)(H,35,36)/t21-/m0/s1. The zero-order valence-electron chi connectivity index (χ0n) is 21.8. The number of nitrogens with two attached hydrogens (primary N) is 1. The Morgan fingerprint density at radius 3 is 2.33 bits per heavy atom. The molecule has 2 aromatic rings. The first kappa shape index (κ1) is 29.6. The van der Waals surface area contributed by atoms with Gasteiger partial charge in [0, 0.05) is 30.8 Å². The number of benzene rings is 2. The van der Waals surface area contributed by atoms with Crippen molar-refractivity contribution in [1.82, 2.24) is 20.4 Å². The molecule has 0 aliphatic carbocycles. The maximum Gasteiger partial charge on any atom is 0.407 e. The molecule has 6 N–H and O–H groups in total. The van der Waals surface area contributed by atoms with Crippen LogP contribution in [0.1, 0.15) is 34.3 Å². The number of carboxylic acids is 1. The fraction of sp³-hybridized carbons (Fsp3) is 0.333. The first-order valence-electron chi connectivity index (χ1n) is 12.6. The molecule has 2 aromatic carbocycles. The maximum atomic E-state index is 13.1. The van der Waals surface area contributed by atoms with Crippen LogP contribution in [-0.4, -0.2) is 89.3 Å². The number of alkyl carbamates (subject to hydrolysis) is 1. The number of amidine groups is 1. The van der Waals surface area contributed by atoms with Crippen molar-refractivity contribution < 1.29 is 33.8 Å². The lowest BCUT2D eigenvalue weighted by Gasteiger charge is -2.40. The highest BCUT2D eigenvalue weighted by Gasteiger charge is 2.37. The Hall–Kier alpha value is -4.94. The summed E-state index contributed by atoms with van der Waals surface area (Å²) in [6.07, 6.45) is -0.295.